The predicted octanol–water partition coefficient (Wildman–Crippen LogP) is 4.29. The number of carboxylic acids is 1. The molecule has 2 aromatic rings. The lowest BCUT2D eigenvalue weighted by Crippen LogP contribution is -2.47. The van der Waals surface area contributed by atoms with Gasteiger partial charge in [0.2, 0.25) is 0 Å². The van der Waals surface area contributed by atoms with Crippen molar-refractivity contribution < 1.29 is 19.7 Å². The van der Waals surface area contributed by atoms with E-state index in [-0.39, 0.29) is 18.5 Å². The van der Waals surface area contributed by atoms with Crippen molar-refractivity contribution in [2.24, 2.45) is 5.92 Å². The van der Waals surface area contributed by atoms with Gasteiger partial charge in [-0.05, 0) is 41.8 Å². The zero-order valence-corrected chi connectivity index (χ0v) is 18.0. The van der Waals surface area contributed by atoms with Crippen molar-refractivity contribution in [2.45, 2.75) is 18.6 Å². The summed E-state index contributed by atoms with van der Waals surface area (Å²) in [5.41, 5.74) is 1.95. The molecule has 1 aliphatic heterocycles. The van der Waals surface area contributed by atoms with Crippen LogP contribution in [0.4, 0.5) is 0 Å². The molecule has 1 heterocycles. The third kappa shape index (κ3) is 6.57. The fraction of sp³-hybridized carbons (Fsp3) is 0.381. The van der Waals surface area contributed by atoms with Crippen molar-refractivity contribution in [2.75, 3.05) is 26.2 Å². The zero-order chi connectivity index (χ0) is 20.1. The smallest absolute Gasteiger partial charge is 0.310 e. The maximum Gasteiger partial charge on any atom is 0.310 e. The van der Waals surface area contributed by atoms with E-state index in [0.717, 1.165) is 11.1 Å². The van der Waals surface area contributed by atoms with Gasteiger partial charge in [-0.15, -0.1) is 12.4 Å². The topological polar surface area (TPSA) is 70.0 Å². The second-order valence-corrected chi connectivity index (χ2v) is 7.83. The number of aliphatic hydroxyl groups excluding tert-OH is 1. The SMILES string of the molecule is Cl.O=C(O)[C@H]1CN(CCOC(c2ccc(Cl)cc2)c2ccc(Cl)cc2)CC[C@H]1O. The summed E-state index contributed by atoms with van der Waals surface area (Å²) in [6.45, 7) is 2.00. The first-order chi connectivity index (χ1) is 13.4. The van der Waals surface area contributed by atoms with Crippen molar-refractivity contribution >= 4 is 41.6 Å². The van der Waals surface area contributed by atoms with Crippen molar-refractivity contribution in [1.82, 2.24) is 4.90 Å². The van der Waals surface area contributed by atoms with Crippen molar-refractivity contribution in [3.63, 3.8) is 0 Å². The molecule has 1 aliphatic rings. The fourth-order valence-electron chi connectivity index (χ4n) is 3.41. The van der Waals surface area contributed by atoms with E-state index in [2.05, 4.69) is 0 Å². The van der Waals surface area contributed by atoms with Gasteiger partial charge in [-0.3, -0.25) is 9.69 Å². The van der Waals surface area contributed by atoms with Gasteiger partial charge >= 0.3 is 5.97 Å². The Balaban J connectivity index is 0.00000300. The van der Waals surface area contributed by atoms with Crippen molar-refractivity contribution in [3.8, 4) is 0 Å². The van der Waals surface area contributed by atoms with Crippen LogP contribution >= 0.6 is 35.6 Å². The average Bonchev–Trinajstić information content (AvgIpc) is 2.68. The summed E-state index contributed by atoms with van der Waals surface area (Å²) < 4.78 is 6.18. The number of aliphatic hydroxyl groups is 1. The third-order valence-corrected chi connectivity index (χ3v) is 5.52. The van der Waals surface area contributed by atoms with Crippen LogP contribution in [0.15, 0.2) is 48.5 Å². The van der Waals surface area contributed by atoms with E-state index in [1.54, 1.807) is 0 Å². The summed E-state index contributed by atoms with van der Waals surface area (Å²) in [5.74, 6) is -1.71. The van der Waals surface area contributed by atoms with Crippen LogP contribution in [-0.2, 0) is 9.53 Å². The molecule has 2 N–H and O–H groups in total. The molecule has 0 amide bonds. The molecule has 158 valence electrons. The van der Waals surface area contributed by atoms with Crippen LogP contribution < -0.4 is 0 Å². The van der Waals surface area contributed by atoms with Gasteiger partial charge in [0.05, 0.1) is 18.6 Å². The molecule has 0 aliphatic carbocycles. The van der Waals surface area contributed by atoms with E-state index in [1.165, 1.54) is 0 Å². The number of hydrogen-bond acceptors (Lipinski definition) is 4. The normalized spacial score (nSPS) is 19.7. The molecule has 0 bridgehead atoms. The van der Waals surface area contributed by atoms with E-state index in [4.69, 9.17) is 27.9 Å². The minimum atomic E-state index is -0.960. The number of hydrogen-bond donors (Lipinski definition) is 2. The Bertz CT molecular complexity index is 740. The molecule has 1 fully saturated rings. The summed E-state index contributed by atoms with van der Waals surface area (Å²) in [7, 11) is 0. The Kier molecular flexibility index (Phi) is 9.21. The molecule has 0 radical (unpaired) electrons. The molecule has 8 heteroatoms. The Hall–Kier alpha value is -1.34. The van der Waals surface area contributed by atoms with E-state index in [1.807, 2.05) is 53.4 Å². The molecule has 5 nitrogen and oxygen atoms in total. The second kappa shape index (κ2) is 11.2. The summed E-state index contributed by atoms with van der Waals surface area (Å²) in [6, 6.07) is 15.0. The maximum atomic E-state index is 11.3. The van der Waals surface area contributed by atoms with Crippen LogP contribution in [0.25, 0.3) is 0 Å². The first kappa shape index (κ1) is 23.9. The highest BCUT2D eigenvalue weighted by atomic mass is 35.5. The highest BCUT2D eigenvalue weighted by molar-refractivity contribution is 6.30. The Morgan fingerprint density at radius 1 is 1.07 bits per heavy atom. The molecule has 3 rings (SSSR count). The lowest BCUT2D eigenvalue weighted by molar-refractivity contribution is -0.149. The van der Waals surface area contributed by atoms with Crippen LogP contribution in [0.2, 0.25) is 10.0 Å². The molecule has 0 aromatic heterocycles. The van der Waals surface area contributed by atoms with Crippen LogP contribution in [0, 0.1) is 5.92 Å². The first-order valence-corrected chi connectivity index (χ1v) is 9.95. The highest BCUT2D eigenvalue weighted by Gasteiger charge is 2.32. The molecule has 2 aromatic carbocycles. The number of piperidine rings is 1. The quantitative estimate of drug-likeness (QED) is 0.645. The number of carbonyl (C=O) groups is 1. The summed E-state index contributed by atoms with van der Waals surface area (Å²) in [6.07, 6.45) is -0.611. The number of nitrogens with zero attached hydrogens (tertiary/aromatic N) is 1. The fourth-order valence-corrected chi connectivity index (χ4v) is 3.66. The largest absolute Gasteiger partial charge is 0.481 e. The van der Waals surface area contributed by atoms with Gasteiger partial charge in [0.15, 0.2) is 0 Å². The molecular formula is C21H24Cl3NO4. The van der Waals surface area contributed by atoms with Gasteiger partial charge in [0.1, 0.15) is 6.10 Å². The van der Waals surface area contributed by atoms with Crippen LogP contribution in [0.5, 0.6) is 0 Å². The number of rotatable bonds is 7. The van der Waals surface area contributed by atoms with Gasteiger partial charge in [0.25, 0.3) is 0 Å². The van der Waals surface area contributed by atoms with Gasteiger partial charge in [0, 0.05) is 29.7 Å². The second-order valence-electron chi connectivity index (χ2n) is 6.96. The van der Waals surface area contributed by atoms with Gasteiger partial charge < -0.3 is 14.9 Å². The Morgan fingerprint density at radius 3 is 2.07 bits per heavy atom. The summed E-state index contributed by atoms with van der Waals surface area (Å²) in [4.78, 5) is 13.3. The van der Waals surface area contributed by atoms with Crippen molar-refractivity contribution in [1.29, 1.82) is 0 Å². The molecule has 2 atom stereocenters. The minimum absolute atomic E-state index is 0. The minimum Gasteiger partial charge on any atom is -0.481 e. The monoisotopic (exact) mass is 459 g/mol. The van der Waals surface area contributed by atoms with Crippen LogP contribution in [-0.4, -0.2) is 53.4 Å². The molecule has 0 saturated carbocycles. The Labute approximate surface area is 186 Å². The van der Waals surface area contributed by atoms with Crippen molar-refractivity contribution in [3.05, 3.63) is 69.7 Å². The van der Waals surface area contributed by atoms with Crippen LogP contribution in [0.1, 0.15) is 23.7 Å². The average molecular weight is 461 g/mol. The number of halogens is 3. The predicted molar refractivity (Wildman–Crippen MR) is 116 cm³/mol. The highest BCUT2D eigenvalue weighted by Crippen LogP contribution is 2.28. The van der Waals surface area contributed by atoms with E-state index in [0.29, 0.717) is 42.7 Å². The lowest BCUT2D eigenvalue weighted by Gasteiger charge is -2.34. The zero-order valence-electron chi connectivity index (χ0n) is 15.7. The lowest BCUT2D eigenvalue weighted by atomic mass is 9.95. The number of ether oxygens (including phenoxy) is 1. The third-order valence-electron chi connectivity index (χ3n) is 5.02. The number of carboxylic acid groups (broad SMARTS) is 1. The van der Waals surface area contributed by atoms with Crippen LogP contribution in [0.3, 0.4) is 0 Å². The first-order valence-electron chi connectivity index (χ1n) is 9.20. The molecule has 1 saturated heterocycles. The van der Waals surface area contributed by atoms with Gasteiger partial charge in [-0.25, -0.2) is 0 Å². The Morgan fingerprint density at radius 2 is 1.59 bits per heavy atom. The number of likely N-dealkylation sites (tertiary alicyclic amines) is 1. The molecular weight excluding hydrogens is 437 g/mol. The van der Waals surface area contributed by atoms with E-state index < -0.39 is 18.0 Å². The van der Waals surface area contributed by atoms with E-state index >= 15 is 0 Å². The standard InChI is InChI=1S/C21H23Cl2NO4.ClH/c22-16-5-1-14(2-6-16)20(15-3-7-17(23)8-4-15)28-12-11-24-10-9-19(25)18(13-24)21(26)27;/h1-8,18-20,25H,9-13H2,(H,26,27);1H/t18-,19+;/m0./s1. The molecule has 29 heavy (non-hydrogen) atoms. The maximum absolute atomic E-state index is 11.3. The molecule has 0 spiro atoms. The molecule has 0 unspecified atom stereocenters. The summed E-state index contributed by atoms with van der Waals surface area (Å²) >= 11 is 12.0. The summed E-state index contributed by atoms with van der Waals surface area (Å²) in [5, 5.41) is 20.4. The van der Waals surface area contributed by atoms with Gasteiger partial charge in [-0.2, -0.15) is 0 Å². The van der Waals surface area contributed by atoms with E-state index in [9.17, 15) is 15.0 Å². The number of benzene rings is 2. The number of aliphatic carboxylic acids is 1. The van der Waals surface area contributed by atoms with Gasteiger partial charge in [-0.1, -0.05) is 47.5 Å².